The first-order valence-electron chi connectivity index (χ1n) is 5.69. The first-order chi connectivity index (χ1) is 8.74. The molecule has 0 atom stereocenters. The van der Waals surface area contributed by atoms with E-state index in [1.165, 1.54) is 5.56 Å². The van der Waals surface area contributed by atoms with Gasteiger partial charge in [0.25, 0.3) is 0 Å². The van der Waals surface area contributed by atoms with Gasteiger partial charge < -0.3 is 5.73 Å². The molecule has 1 heterocycles. The second-order valence-corrected chi connectivity index (χ2v) is 5.11. The second-order valence-electron chi connectivity index (χ2n) is 4.19. The largest absolute Gasteiger partial charge is 0.382 e. The van der Waals surface area contributed by atoms with Crippen LogP contribution >= 0.6 is 15.9 Å². The van der Waals surface area contributed by atoms with E-state index < -0.39 is 0 Å². The van der Waals surface area contributed by atoms with E-state index >= 15 is 0 Å². The van der Waals surface area contributed by atoms with Gasteiger partial charge in [-0.1, -0.05) is 40.2 Å². The third-order valence-electron chi connectivity index (χ3n) is 2.91. The van der Waals surface area contributed by atoms with Crippen molar-refractivity contribution in [3.8, 4) is 0 Å². The number of hydrogen-bond acceptors (Lipinski definition) is 2. The number of anilines is 1. The molecule has 2 aromatic carbocycles. The summed E-state index contributed by atoms with van der Waals surface area (Å²) in [6.07, 6.45) is 0. The van der Waals surface area contributed by atoms with Gasteiger partial charge in [0.15, 0.2) is 5.82 Å². The third kappa shape index (κ3) is 1.99. The maximum absolute atomic E-state index is 5.92. The Hall–Kier alpha value is -1.81. The Morgan fingerprint density at radius 2 is 1.94 bits per heavy atom. The lowest BCUT2D eigenvalue weighted by molar-refractivity contribution is 0.716. The Bertz CT molecular complexity index is 703. The third-order valence-corrected chi connectivity index (χ3v) is 3.40. The normalized spacial score (nSPS) is 10.9. The molecule has 0 bridgehead atoms. The number of benzene rings is 2. The van der Waals surface area contributed by atoms with Crippen LogP contribution in [0.15, 0.2) is 53.0 Å². The Balaban J connectivity index is 2.05. The molecule has 0 aliphatic heterocycles. The highest BCUT2D eigenvalue weighted by atomic mass is 79.9. The molecule has 0 spiro atoms. The van der Waals surface area contributed by atoms with Crippen LogP contribution in [0.5, 0.6) is 0 Å². The van der Waals surface area contributed by atoms with Gasteiger partial charge in [-0.2, -0.15) is 5.10 Å². The summed E-state index contributed by atoms with van der Waals surface area (Å²) in [5, 5.41) is 5.40. The highest BCUT2D eigenvalue weighted by molar-refractivity contribution is 9.10. The molecule has 90 valence electrons. The molecule has 4 heteroatoms. The maximum atomic E-state index is 5.92. The van der Waals surface area contributed by atoms with Crippen LogP contribution in [0, 0.1) is 0 Å². The van der Waals surface area contributed by atoms with Gasteiger partial charge in [0.2, 0.25) is 0 Å². The number of hydrogen-bond donors (Lipinski definition) is 1. The van der Waals surface area contributed by atoms with E-state index in [1.54, 1.807) is 0 Å². The number of nitrogens with zero attached hydrogens (tertiary/aromatic N) is 2. The van der Waals surface area contributed by atoms with Crippen molar-refractivity contribution >= 4 is 32.7 Å². The lowest BCUT2D eigenvalue weighted by atomic mass is 10.2. The molecule has 0 fully saturated rings. The van der Waals surface area contributed by atoms with Crippen LogP contribution in [0.2, 0.25) is 0 Å². The van der Waals surface area contributed by atoms with Crippen molar-refractivity contribution in [1.82, 2.24) is 9.78 Å². The Labute approximate surface area is 113 Å². The molecule has 0 amide bonds. The number of fused-ring (bicyclic) bond motifs is 1. The van der Waals surface area contributed by atoms with Crippen molar-refractivity contribution < 1.29 is 0 Å². The van der Waals surface area contributed by atoms with E-state index in [9.17, 15) is 0 Å². The van der Waals surface area contributed by atoms with Gasteiger partial charge in [-0.05, 0) is 29.8 Å². The fraction of sp³-hybridized carbons (Fsp3) is 0.0714. The van der Waals surface area contributed by atoms with Crippen LogP contribution in [-0.2, 0) is 6.54 Å². The zero-order valence-corrected chi connectivity index (χ0v) is 11.3. The molecule has 0 aliphatic carbocycles. The minimum atomic E-state index is 0.584. The smallest absolute Gasteiger partial charge is 0.153 e. The zero-order valence-electron chi connectivity index (χ0n) is 9.68. The molecule has 0 unspecified atom stereocenters. The molecule has 3 rings (SSSR count). The van der Waals surface area contributed by atoms with E-state index in [-0.39, 0.29) is 0 Å². The minimum Gasteiger partial charge on any atom is -0.382 e. The van der Waals surface area contributed by atoms with Crippen molar-refractivity contribution in [3.63, 3.8) is 0 Å². The molecule has 0 saturated carbocycles. The molecule has 3 aromatic rings. The first-order valence-corrected chi connectivity index (χ1v) is 6.49. The number of rotatable bonds is 2. The number of para-hydroxylation sites is 1. The second kappa shape index (κ2) is 4.46. The minimum absolute atomic E-state index is 0.584. The molecule has 3 nitrogen and oxygen atoms in total. The summed E-state index contributed by atoms with van der Waals surface area (Å²) in [6.45, 7) is 0.719. The van der Waals surface area contributed by atoms with E-state index in [4.69, 9.17) is 5.73 Å². The monoisotopic (exact) mass is 301 g/mol. The summed E-state index contributed by atoms with van der Waals surface area (Å²) in [5.74, 6) is 0.584. The van der Waals surface area contributed by atoms with Crippen molar-refractivity contribution in [2.24, 2.45) is 0 Å². The number of aromatic nitrogens is 2. The van der Waals surface area contributed by atoms with E-state index in [1.807, 2.05) is 41.1 Å². The van der Waals surface area contributed by atoms with Gasteiger partial charge in [-0.25, -0.2) is 0 Å². The molecule has 0 aliphatic rings. The molecular formula is C14H12BrN3. The SMILES string of the molecule is Nc1nn(Cc2cccc(Br)c2)c2ccccc12. The molecular weight excluding hydrogens is 290 g/mol. The molecule has 0 saturated heterocycles. The summed E-state index contributed by atoms with van der Waals surface area (Å²) >= 11 is 3.48. The Morgan fingerprint density at radius 3 is 2.78 bits per heavy atom. The van der Waals surface area contributed by atoms with Gasteiger partial charge in [0.1, 0.15) is 0 Å². The van der Waals surface area contributed by atoms with Crippen LogP contribution in [0.3, 0.4) is 0 Å². The molecule has 2 N–H and O–H groups in total. The van der Waals surface area contributed by atoms with Crippen LogP contribution in [-0.4, -0.2) is 9.78 Å². The lowest BCUT2D eigenvalue weighted by Gasteiger charge is -2.04. The average molecular weight is 302 g/mol. The van der Waals surface area contributed by atoms with Crippen LogP contribution < -0.4 is 5.73 Å². The number of nitrogens with two attached hydrogens (primary N) is 1. The fourth-order valence-electron chi connectivity index (χ4n) is 2.08. The zero-order chi connectivity index (χ0) is 12.5. The summed E-state index contributed by atoms with van der Waals surface area (Å²) in [6, 6.07) is 16.2. The summed E-state index contributed by atoms with van der Waals surface area (Å²) in [5.41, 5.74) is 8.18. The van der Waals surface area contributed by atoms with Crippen molar-refractivity contribution in [2.75, 3.05) is 5.73 Å². The quantitative estimate of drug-likeness (QED) is 0.788. The summed E-state index contributed by atoms with van der Waals surface area (Å²) in [4.78, 5) is 0. The first kappa shape index (κ1) is 11.3. The van der Waals surface area contributed by atoms with Gasteiger partial charge in [-0.15, -0.1) is 0 Å². The van der Waals surface area contributed by atoms with Gasteiger partial charge in [-0.3, -0.25) is 4.68 Å². The standard InChI is InChI=1S/C14H12BrN3/c15-11-5-3-4-10(8-11)9-18-13-7-2-1-6-12(13)14(16)17-18/h1-8H,9H2,(H2,16,17). The maximum Gasteiger partial charge on any atom is 0.153 e. The molecule has 18 heavy (non-hydrogen) atoms. The highest BCUT2D eigenvalue weighted by Crippen LogP contribution is 2.21. The predicted octanol–water partition coefficient (Wildman–Crippen LogP) is 3.43. The average Bonchev–Trinajstić information content (AvgIpc) is 2.67. The van der Waals surface area contributed by atoms with Crippen LogP contribution in [0.1, 0.15) is 5.56 Å². The van der Waals surface area contributed by atoms with Gasteiger partial charge in [0, 0.05) is 9.86 Å². The Kier molecular flexibility index (Phi) is 2.80. The molecule has 0 radical (unpaired) electrons. The predicted molar refractivity (Wildman–Crippen MR) is 77.4 cm³/mol. The lowest BCUT2D eigenvalue weighted by Crippen LogP contribution is -2.02. The van der Waals surface area contributed by atoms with Gasteiger partial charge in [0.05, 0.1) is 12.1 Å². The fourth-order valence-corrected chi connectivity index (χ4v) is 2.53. The Morgan fingerprint density at radius 1 is 1.11 bits per heavy atom. The highest BCUT2D eigenvalue weighted by Gasteiger charge is 2.07. The van der Waals surface area contributed by atoms with Crippen molar-refractivity contribution in [3.05, 3.63) is 58.6 Å². The van der Waals surface area contributed by atoms with E-state index in [0.29, 0.717) is 5.82 Å². The van der Waals surface area contributed by atoms with E-state index in [2.05, 4.69) is 33.2 Å². The van der Waals surface area contributed by atoms with Gasteiger partial charge >= 0.3 is 0 Å². The number of halogens is 1. The topological polar surface area (TPSA) is 43.8 Å². The van der Waals surface area contributed by atoms with Crippen molar-refractivity contribution in [1.29, 1.82) is 0 Å². The molecule has 1 aromatic heterocycles. The van der Waals surface area contributed by atoms with Crippen LogP contribution in [0.25, 0.3) is 10.9 Å². The summed E-state index contributed by atoms with van der Waals surface area (Å²) < 4.78 is 3.01. The van der Waals surface area contributed by atoms with Crippen molar-refractivity contribution in [2.45, 2.75) is 6.54 Å². The van der Waals surface area contributed by atoms with E-state index in [0.717, 1.165) is 21.9 Å². The number of nitrogen functional groups attached to an aromatic ring is 1. The van der Waals surface area contributed by atoms with Crippen LogP contribution in [0.4, 0.5) is 5.82 Å². The summed E-state index contributed by atoms with van der Waals surface area (Å²) in [7, 11) is 0.